The van der Waals surface area contributed by atoms with Gasteiger partial charge >= 0.3 is 11.9 Å². The molecule has 0 aromatic heterocycles. The van der Waals surface area contributed by atoms with Crippen LogP contribution in [0.15, 0.2) is 23.8 Å². The van der Waals surface area contributed by atoms with E-state index in [1.807, 2.05) is 6.92 Å². The smallest absolute Gasteiger partial charge is 0.351 e. The van der Waals surface area contributed by atoms with Crippen molar-refractivity contribution < 1.29 is 29.3 Å². The average Bonchev–Trinajstić information content (AvgIpc) is 2.80. The highest BCUT2D eigenvalue weighted by Crippen LogP contribution is 2.58. The van der Waals surface area contributed by atoms with Crippen molar-refractivity contribution in [3.8, 4) is 0 Å². The Labute approximate surface area is 153 Å². The zero-order valence-electron chi connectivity index (χ0n) is 16.0. The second-order valence-electron chi connectivity index (χ2n) is 8.50. The zero-order chi connectivity index (χ0) is 19.5. The van der Waals surface area contributed by atoms with Crippen LogP contribution in [0.4, 0.5) is 0 Å². The predicted molar refractivity (Wildman–Crippen MR) is 93.9 cm³/mol. The van der Waals surface area contributed by atoms with Crippen molar-refractivity contribution in [1.82, 2.24) is 0 Å². The number of aliphatic hydroxyl groups excluding tert-OH is 1. The largest absolute Gasteiger partial charge is 0.458 e. The second-order valence-corrected chi connectivity index (χ2v) is 8.50. The van der Waals surface area contributed by atoms with Gasteiger partial charge in [0.1, 0.15) is 6.10 Å². The summed E-state index contributed by atoms with van der Waals surface area (Å²) < 4.78 is 11.3. The summed E-state index contributed by atoms with van der Waals surface area (Å²) in [4.78, 5) is 25.0. The van der Waals surface area contributed by atoms with E-state index in [2.05, 4.69) is 0 Å². The molecule has 1 saturated carbocycles. The summed E-state index contributed by atoms with van der Waals surface area (Å²) in [5.41, 5.74) is -2.82. The fourth-order valence-electron chi connectivity index (χ4n) is 4.97. The van der Waals surface area contributed by atoms with E-state index >= 15 is 0 Å². The molecule has 3 aliphatic rings. The molecule has 0 spiro atoms. The number of hydrogen-bond donors (Lipinski definition) is 2. The molecular weight excluding hydrogens is 336 g/mol. The molecule has 6 heteroatoms. The summed E-state index contributed by atoms with van der Waals surface area (Å²) in [6, 6.07) is 0. The summed E-state index contributed by atoms with van der Waals surface area (Å²) >= 11 is 0. The van der Waals surface area contributed by atoms with Crippen LogP contribution >= 0.6 is 0 Å². The van der Waals surface area contributed by atoms with Crippen LogP contribution in [0.2, 0.25) is 0 Å². The van der Waals surface area contributed by atoms with Gasteiger partial charge in [0.2, 0.25) is 5.60 Å². The molecular formula is C20H28O6. The maximum atomic E-state index is 12.7. The number of aliphatic hydroxyl groups is 2. The molecule has 3 rings (SSSR count). The van der Waals surface area contributed by atoms with E-state index in [4.69, 9.17) is 9.47 Å². The third kappa shape index (κ3) is 2.54. The van der Waals surface area contributed by atoms with E-state index in [1.54, 1.807) is 45.9 Å². The van der Waals surface area contributed by atoms with E-state index in [1.165, 1.54) is 0 Å². The van der Waals surface area contributed by atoms with Gasteiger partial charge in [-0.05, 0) is 40.5 Å². The first kappa shape index (κ1) is 19.1. The molecule has 0 aromatic carbocycles. The van der Waals surface area contributed by atoms with Gasteiger partial charge in [0.15, 0.2) is 0 Å². The number of esters is 2. The molecule has 1 heterocycles. The van der Waals surface area contributed by atoms with E-state index in [-0.39, 0.29) is 5.92 Å². The molecule has 7 atom stereocenters. The molecule has 2 aliphatic carbocycles. The SMILES string of the molecule is C/C=C(/C)C(=O)O[C@]1(C)C(=O)O[C@H]2[C@H]3[C@](C)(CC[C@@H]21)[C@H](O)C=C[C@]3(C)O. The standard InChI is InChI=1S/C20H28O6/c1-6-11(2)16(22)26-20(5)12-7-9-18(3)13(21)8-10-19(4,24)15(18)14(12)25-17(20)23/h6,8,10,12-15,21,24H,7,9H2,1-5H3/b11-6-/t12-,13+,14+,15-,18+,19-,20-/m0/s1. The van der Waals surface area contributed by atoms with Crippen LogP contribution in [0.25, 0.3) is 0 Å². The topological polar surface area (TPSA) is 93.1 Å². The van der Waals surface area contributed by atoms with Gasteiger partial charge < -0.3 is 19.7 Å². The van der Waals surface area contributed by atoms with Crippen LogP contribution in [0.1, 0.15) is 47.5 Å². The molecule has 26 heavy (non-hydrogen) atoms. The molecule has 2 N–H and O–H groups in total. The van der Waals surface area contributed by atoms with Crippen LogP contribution in [0.5, 0.6) is 0 Å². The lowest BCUT2D eigenvalue weighted by molar-refractivity contribution is -0.175. The van der Waals surface area contributed by atoms with Crippen molar-refractivity contribution >= 4 is 11.9 Å². The van der Waals surface area contributed by atoms with Crippen LogP contribution in [-0.4, -0.2) is 45.6 Å². The molecule has 0 radical (unpaired) electrons. The molecule has 0 aromatic rings. The van der Waals surface area contributed by atoms with Gasteiger partial charge in [0, 0.05) is 22.8 Å². The molecule has 2 fully saturated rings. The molecule has 1 aliphatic heterocycles. The molecule has 1 saturated heterocycles. The Kier molecular flexibility index (Phi) is 4.36. The molecule has 0 bridgehead atoms. The number of carbonyl (C=O) groups excluding carboxylic acids is 2. The number of carbonyl (C=O) groups is 2. The Bertz CT molecular complexity index is 692. The molecule has 0 unspecified atom stereocenters. The Morgan fingerprint density at radius 3 is 2.65 bits per heavy atom. The number of allylic oxidation sites excluding steroid dienone is 1. The van der Waals surface area contributed by atoms with Gasteiger partial charge in [0.25, 0.3) is 0 Å². The van der Waals surface area contributed by atoms with E-state index in [0.29, 0.717) is 18.4 Å². The van der Waals surface area contributed by atoms with Gasteiger partial charge in [0.05, 0.1) is 11.7 Å². The summed E-state index contributed by atoms with van der Waals surface area (Å²) in [5, 5.41) is 21.5. The lowest BCUT2D eigenvalue weighted by Gasteiger charge is -2.55. The van der Waals surface area contributed by atoms with Gasteiger partial charge in [-0.2, -0.15) is 0 Å². The van der Waals surface area contributed by atoms with Crippen LogP contribution in [0, 0.1) is 17.3 Å². The minimum atomic E-state index is -1.39. The summed E-state index contributed by atoms with van der Waals surface area (Å²) in [6.07, 6.45) is 4.62. The highest BCUT2D eigenvalue weighted by Gasteiger charge is 2.68. The minimum Gasteiger partial charge on any atom is -0.458 e. The number of ether oxygens (including phenoxy) is 2. The first-order valence-electron chi connectivity index (χ1n) is 9.14. The fourth-order valence-corrected chi connectivity index (χ4v) is 4.97. The maximum absolute atomic E-state index is 12.7. The van der Waals surface area contributed by atoms with Gasteiger partial charge in [-0.3, -0.25) is 0 Å². The van der Waals surface area contributed by atoms with Crippen LogP contribution < -0.4 is 0 Å². The number of rotatable bonds is 2. The molecule has 0 amide bonds. The maximum Gasteiger partial charge on any atom is 0.351 e. The van der Waals surface area contributed by atoms with Crippen molar-refractivity contribution in [1.29, 1.82) is 0 Å². The lowest BCUT2D eigenvalue weighted by atomic mass is 9.52. The average molecular weight is 364 g/mol. The van der Waals surface area contributed by atoms with Crippen molar-refractivity contribution in [2.75, 3.05) is 0 Å². The Morgan fingerprint density at radius 1 is 1.38 bits per heavy atom. The third-order valence-corrected chi connectivity index (χ3v) is 6.77. The highest BCUT2D eigenvalue weighted by molar-refractivity contribution is 5.92. The van der Waals surface area contributed by atoms with Crippen molar-refractivity contribution in [3.63, 3.8) is 0 Å². The first-order valence-corrected chi connectivity index (χ1v) is 9.14. The lowest BCUT2D eigenvalue weighted by Crippen LogP contribution is -2.61. The van der Waals surface area contributed by atoms with E-state index in [0.717, 1.165) is 0 Å². The van der Waals surface area contributed by atoms with Gasteiger partial charge in [-0.25, -0.2) is 9.59 Å². The normalized spacial score (nSPS) is 47.8. The van der Waals surface area contributed by atoms with E-state index in [9.17, 15) is 19.8 Å². The third-order valence-electron chi connectivity index (χ3n) is 6.77. The van der Waals surface area contributed by atoms with Crippen molar-refractivity contribution in [2.45, 2.75) is 70.9 Å². The highest BCUT2D eigenvalue weighted by atomic mass is 16.6. The summed E-state index contributed by atoms with van der Waals surface area (Å²) in [6.45, 7) is 8.53. The monoisotopic (exact) mass is 364 g/mol. The quantitative estimate of drug-likeness (QED) is 0.442. The van der Waals surface area contributed by atoms with Gasteiger partial charge in [-0.1, -0.05) is 25.2 Å². The van der Waals surface area contributed by atoms with Crippen molar-refractivity contribution in [2.24, 2.45) is 17.3 Å². The Morgan fingerprint density at radius 2 is 2.04 bits per heavy atom. The van der Waals surface area contributed by atoms with Crippen LogP contribution in [-0.2, 0) is 19.1 Å². The summed E-state index contributed by atoms with van der Waals surface area (Å²) in [5.74, 6) is -1.99. The van der Waals surface area contributed by atoms with Crippen molar-refractivity contribution in [3.05, 3.63) is 23.8 Å². The second kappa shape index (κ2) is 5.92. The molecule has 144 valence electrons. The summed E-state index contributed by atoms with van der Waals surface area (Å²) in [7, 11) is 0. The zero-order valence-corrected chi connectivity index (χ0v) is 16.0. The number of hydrogen-bond acceptors (Lipinski definition) is 6. The predicted octanol–water partition coefficient (Wildman–Crippen LogP) is 1.89. The fraction of sp³-hybridized carbons (Fsp3) is 0.700. The van der Waals surface area contributed by atoms with Gasteiger partial charge in [-0.15, -0.1) is 0 Å². The Balaban J connectivity index is 1.98. The minimum absolute atomic E-state index is 0.369. The number of fused-ring (bicyclic) bond motifs is 3. The van der Waals surface area contributed by atoms with Crippen LogP contribution in [0.3, 0.4) is 0 Å². The molecule has 6 nitrogen and oxygen atoms in total. The Hall–Kier alpha value is -1.66. The van der Waals surface area contributed by atoms with E-state index < -0.39 is 46.7 Å². The first-order chi connectivity index (χ1) is 12.0.